The highest BCUT2D eigenvalue weighted by Crippen LogP contribution is 2.33. The molecule has 0 spiro atoms. The van der Waals surface area contributed by atoms with Crippen LogP contribution in [0, 0.1) is 11.8 Å². The van der Waals surface area contributed by atoms with Crippen molar-refractivity contribution in [3.63, 3.8) is 0 Å². The Balaban J connectivity index is 2.56. The minimum absolute atomic E-state index is 0.0202. The molecule has 1 unspecified atom stereocenters. The summed E-state index contributed by atoms with van der Waals surface area (Å²) >= 11 is 0. The van der Waals surface area contributed by atoms with Crippen LogP contribution in [-0.4, -0.2) is 5.92 Å². The van der Waals surface area contributed by atoms with Crippen LogP contribution in [-0.2, 0) is 0 Å². The zero-order chi connectivity index (χ0) is 8.48. The molecule has 0 fully saturated rings. The molecular weight excluding hydrogens is 146 g/mol. The third kappa shape index (κ3) is 2.28. The highest BCUT2D eigenvalue weighted by molar-refractivity contribution is 5.03. The first kappa shape index (κ1) is 8.69. The minimum atomic E-state index is -2.54. The minimum Gasteiger partial charge on any atom is -0.202 e. The van der Waals surface area contributed by atoms with Crippen LogP contribution in [0.25, 0.3) is 0 Å². The van der Waals surface area contributed by atoms with Crippen molar-refractivity contribution in [2.75, 3.05) is 0 Å². The highest BCUT2D eigenvalue weighted by atomic mass is 19.3. The second-order valence-corrected chi connectivity index (χ2v) is 3.57. The molecule has 1 aliphatic carbocycles. The molecule has 0 nitrogen and oxygen atoms in total. The van der Waals surface area contributed by atoms with Crippen molar-refractivity contribution in [1.29, 1.82) is 0 Å². The molecule has 0 aliphatic heterocycles. The molecule has 64 valence electrons. The van der Waals surface area contributed by atoms with Gasteiger partial charge in [0.05, 0.1) is 0 Å². The second-order valence-electron chi connectivity index (χ2n) is 3.57. The van der Waals surface area contributed by atoms with Crippen molar-refractivity contribution >= 4 is 0 Å². The van der Waals surface area contributed by atoms with Gasteiger partial charge in [0.15, 0.2) is 0 Å². The van der Waals surface area contributed by atoms with Gasteiger partial charge in [-0.3, -0.25) is 0 Å². The number of rotatable bonds is 1. The van der Waals surface area contributed by atoms with Crippen LogP contribution >= 0.6 is 0 Å². The van der Waals surface area contributed by atoms with Gasteiger partial charge in [-0.1, -0.05) is 19.9 Å². The topological polar surface area (TPSA) is 0 Å². The van der Waals surface area contributed by atoms with E-state index in [1.54, 1.807) is 6.08 Å². The van der Waals surface area contributed by atoms with Gasteiger partial charge >= 0.3 is 0 Å². The lowest BCUT2D eigenvalue weighted by molar-refractivity contribution is 0.0305. The van der Waals surface area contributed by atoms with E-state index in [1.165, 1.54) is 0 Å². The van der Waals surface area contributed by atoms with Crippen molar-refractivity contribution in [2.24, 2.45) is 11.8 Å². The molecule has 0 N–H and O–H groups in total. The lowest BCUT2D eigenvalue weighted by Gasteiger charge is -2.24. The van der Waals surface area contributed by atoms with E-state index in [4.69, 9.17) is 0 Å². The summed E-state index contributed by atoms with van der Waals surface area (Å²) in [7, 11) is 0. The molecule has 0 heterocycles. The molecule has 0 radical (unpaired) electrons. The summed E-state index contributed by atoms with van der Waals surface area (Å²) in [5.41, 5.74) is 0. The fourth-order valence-electron chi connectivity index (χ4n) is 1.36. The Bertz CT molecular complexity index is 159. The average molecular weight is 160 g/mol. The Labute approximate surface area is 66.3 Å². The quantitative estimate of drug-likeness (QED) is 0.516. The van der Waals surface area contributed by atoms with E-state index in [9.17, 15) is 8.78 Å². The average Bonchev–Trinajstić information content (AvgIpc) is 1.86. The van der Waals surface area contributed by atoms with Crippen LogP contribution in [0.3, 0.4) is 0 Å². The number of alkyl halides is 2. The molecule has 2 heteroatoms. The summed E-state index contributed by atoms with van der Waals surface area (Å²) in [5.74, 6) is -1.69. The molecule has 0 aromatic heterocycles. The van der Waals surface area contributed by atoms with Gasteiger partial charge in [0, 0.05) is 6.42 Å². The van der Waals surface area contributed by atoms with Crippen molar-refractivity contribution in [2.45, 2.75) is 32.6 Å². The van der Waals surface area contributed by atoms with E-state index < -0.39 is 5.92 Å². The van der Waals surface area contributed by atoms with Crippen LogP contribution < -0.4 is 0 Å². The molecule has 11 heavy (non-hydrogen) atoms. The first-order valence-electron chi connectivity index (χ1n) is 4.08. The molecular formula is C9H14F2. The molecule has 0 amide bonds. The van der Waals surface area contributed by atoms with Gasteiger partial charge in [-0.05, 0) is 24.3 Å². The Morgan fingerprint density at radius 2 is 2.09 bits per heavy atom. The molecule has 1 atom stereocenters. The van der Waals surface area contributed by atoms with Gasteiger partial charge in [0.25, 0.3) is 5.92 Å². The van der Waals surface area contributed by atoms with Crippen molar-refractivity contribution in [3.8, 4) is 0 Å². The maximum Gasteiger partial charge on any atom is 0.266 e. The lowest BCUT2D eigenvalue weighted by Crippen LogP contribution is -2.21. The largest absolute Gasteiger partial charge is 0.266 e. The fourth-order valence-corrected chi connectivity index (χ4v) is 1.36. The predicted octanol–water partition coefficient (Wildman–Crippen LogP) is 3.24. The van der Waals surface area contributed by atoms with E-state index >= 15 is 0 Å². The van der Waals surface area contributed by atoms with Crippen LogP contribution in [0.5, 0.6) is 0 Å². The Hall–Kier alpha value is -0.400. The molecule has 0 aromatic rings. The fraction of sp³-hybridized carbons (Fsp3) is 0.778. The summed E-state index contributed by atoms with van der Waals surface area (Å²) in [6.07, 6.45) is 3.36. The van der Waals surface area contributed by atoms with E-state index in [1.807, 2.05) is 0 Å². The summed E-state index contributed by atoms with van der Waals surface area (Å²) in [6, 6.07) is 0. The molecule has 0 saturated carbocycles. The Kier molecular flexibility index (Phi) is 2.31. The zero-order valence-electron chi connectivity index (χ0n) is 6.98. The molecule has 0 aromatic carbocycles. The maximum absolute atomic E-state index is 12.6. The third-order valence-corrected chi connectivity index (χ3v) is 2.25. The number of allylic oxidation sites excluding steroid dienone is 2. The Morgan fingerprint density at radius 3 is 2.45 bits per heavy atom. The lowest BCUT2D eigenvalue weighted by atomic mass is 9.85. The summed E-state index contributed by atoms with van der Waals surface area (Å²) in [4.78, 5) is 0. The van der Waals surface area contributed by atoms with Gasteiger partial charge < -0.3 is 0 Å². The van der Waals surface area contributed by atoms with Gasteiger partial charge in [-0.15, -0.1) is 0 Å². The van der Waals surface area contributed by atoms with Crippen LogP contribution in [0.1, 0.15) is 26.7 Å². The van der Waals surface area contributed by atoms with E-state index in [0.29, 0.717) is 18.3 Å². The standard InChI is InChI=1S/C9H14F2/c1-7(2)8-3-5-9(10,11)6-4-8/h3,5,7-8H,4,6H2,1-2H3. The third-order valence-electron chi connectivity index (χ3n) is 2.25. The van der Waals surface area contributed by atoms with Gasteiger partial charge in [-0.25, -0.2) is 8.78 Å². The molecule has 0 bridgehead atoms. The smallest absolute Gasteiger partial charge is 0.202 e. The molecule has 0 saturated heterocycles. The predicted molar refractivity (Wildman–Crippen MR) is 41.6 cm³/mol. The van der Waals surface area contributed by atoms with Gasteiger partial charge in [0.1, 0.15) is 0 Å². The first-order valence-corrected chi connectivity index (χ1v) is 4.08. The monoisotopic (exact) mass is 160 g/mol. The second kappa shape index (κ2) is 2.92. The van der Waals surface area contributed by atoms with Gasteiger partial charge in [-0.2, -0.15) is 0 Å². The SMILES string of the molecule is CC(C)C1C=CC(F)(F)CC1. The van der Waals surface area contributed by atoms with Crippen molar-refractivity contribution in [3.05, 3.63) is 12.2 Å². The van der Waals surface area contributed by atoms with Gasteiger partial charge in [0.2, 0.25) is 0 Å². The summed E-state index contributed by atoms with van der Waals surface area (Å²) < 4.78 is 25.1. The summed E-state index contributed by atoms with van der Waals surface area (Å²) in [5, 5.41) is 0. The maximum atomic E-state index is 12.6. The van der Waals surface area contributed by atoms with Crippen LogP contribution in [0.2, 0.25) is 0 Å². The normalized spacial score (nSPS) is 29.4. The van der Waals surface area contributed by atoms with E-state index in [-0.39, 0.29) is 6.42 Å². The van der Waals surface area contributed by atoms with E-state index in [0.717, 1.165) is 6.08 Å². The number of halogens is 2. The van der Waals surface area contributed by atoms with Crippen LogP contribution in [0.15, 0.2) is 12.2 Å². The molecule has 1 rings (SSSR count). The van der Waals surface area contributed by atoms with E-state index in [2.05, 4.69) is 13.8 Å². The molecule has 1 aliphatic rings. The Morgan fingerprint density at radius 1 is 1.45 bits per heavy atom. The first-order chi connectivity index (χ1) is 5.01. The van der Waals surface area contributed by atoms with Crippen LogP contribution in [0.4, 0.5) is 8.78 Å². The number of hydrogen-bond donors (Lipinski definition) is 0. The highest BCUT2D eigenvalue weighted by Gasteiger charge is 2.30. The zero-order valence-corrected chi connectivity index (χ0v) is 6.98. The van der Waals surface area contributed by atoms with Crippen molar-refractivity contribution in [1.82, 2.24) is 0 Å². The van der Waals surface area contributed by atoms with Crippen molar-refractivity contribution < 1.29 is 8.78 Å². The number of hydrogen-bond acceptors (Lipinski definition) is 0. The summed E-state index contributed by atoms with van der Waals surface area (Å²) in [6.45, 7) is 4.14.